The molecule has 1 N–H and O–H groups in total. The molecule has 1 aromatic rings. The molecule has 128 valence electrons. The van der Waals surface area contributed by atoms with Gasteiger partial charge in [-0.1, -0.05) is 13.8 Å². The first kappa shape index (κ1) is 17.3. The predicted molar refractivity (Wildman–Crippen MR) is 86.7 cm³/mol. The molecule has 2 heterocycles. The van der Waals surface area contributed by atoms with E-state index in [9.17, 15) is 4.79 Å². The molecule has 1 aliphatic heterocycles. The van der Waals surface area contributed by atoms with E-state index < -0.39 is 0 Å². The second-order valence-electron chi connectivity index (χ2n) is 5.70. The van der Waals surface area contributed by atoms with E-state index in [1.54, 1.807) is 19.2 Å². The van der Waals surface area contributed by atoms with Gasteiger partial charge in [0.2, 0.25) is 11.8 Å². The number of nitrogens with zero attached hydrogens (tertiary/aromatic N) is 3. The molecule has 1 fully saturated rings. The number of ether oxygens (including phenoxy) is 2. The van der Waals surface area contributed by atoms with E-state index in [0.29, 0.717) is 18.3 Å². The average Bonchev–Trinajstić information content (AvgIpc) is 2.60. The summed E-state index contributed by atoms with van der Waals surface area (Å²) in [4.78, 5) is 14.1. The number of aromatic nitrogens is 2. The van der Waals surface area contributed by atoms with Crippen molar-refractivity contribution in [3.8, 4) is 11.8 Å². The molecule has 1 aliphatic rings. The van der Waals surface area contributed by atoms with Gasteiger partial charge in [0.15, 0.2) is 0 Å². The van der Waals surface area contributed by atoms with Crippen molar-refractivity contribution in [1.29, 1.82) is 0 Å². The molecule has 0 saturated carbocycles. The lowest BCUT2D eigenvalue weighted by atomic mass is 10.1. The molecule has 23 heavy (non-hydrogen) atoms. The molecule has 2 rings (SSSR count). The van der Waals surface area contributed by atoms with Crippen LogP contribution in [0.5, 0.6) is 11.8 Å². The second kappa shape index (κ2) is 8.55. The van der Waals surface area contributed by atoms with Crippen molar-refractivity contribution < 1.29 is 14.3 Å². The van der Waals surface area contributed by atoms with Gasteiger partial charge < -0.3 is 19.7 Å². The molecule has 7 heteroatoms. The highest BCUT2D eigenvalue weighted by Crippen LogP contribution is 2.17. The number of rotatable bonds is 6. The van der Waals surface area contributed by atoms with Crippen LogP contribution in [0.3, 0.4) is 0 Å². The second-order valence-corrected chi connectivity index (χ2v) is 5.70. The van der Waals surface area contributed by atoms with Crippen molar-refractivity contribution in [3.63, 3.8) is 0 Å². The van der Waals surface area contributed by atoms with Crippen LogP contribution in [-0.4, -0.2) is 53.5 Å². The number of urea groups is 1. The Bertz CT molecular complexity index is 491. The Morgan fingerprint density at radius 2 is 2.04 bits per heavy atom. The third-order valence-electron chi connectivity index (χ3n) is 4.09. The van der Waals surface area contributed by atoms with Crippen molar-refractivity contribution >= 4 is 6.03 Å². The standard InChI is InChI=1S/C16H26N4O3/c1-4-12(5-2)17-16(21)20-10-6-7-13(11-20)23-15-9-8-14(22-3)18-19-15/h8-9,12-13H,4-7,10-11H2,1-3H3,(H,17,21). The zero-order valence-electron chi connectivity index (χ0n) is 14.1. The van der Waals surface area contributed by atoms with E-state index in [-0.39, 0.29) is 18.2 Å². The molecule has 1 aromatic heterocycles. The van der Waals surface area contributed by atoms with Gasteiger partial charge in [-0.3, -0.25) is 0 Å². The van der Waals surface area contributed by atoms with E-state index in [4.69, 9.17) is 9.47 Å². The summed E-state index contributed by atoms with van der Waals surface area (Å²) >= 11 is 0. The van der Waals surface area contributed by atoms with Gasteiger partial charge in [-0.05, 0) is 25.7 Å². The quantitative estimate of drug-likeness (QED) is 0.869. The molecule has 1 unspecified atom stereocenters. The Morgan fingerprint density at radius 3 is 2.65 bits per heavy atom. The lowest BCUT2D eigenvalue weighted by Crippen LogP contribution is -2.50. The highest BCUT2D eigenvalue weighted by Gasteiger charge is 2.26. The molecule has 0 bridgehead atoms. The number of hydrogen-bond donors (Lipinski definition) is 1. The summed E-state index contributed by atoms with van der Waals surface area (Å²) in [6.45, 7) is 5.50. The minimum absolute atomic E-state index is 0.00665. The van der Waals surface area contributed by atoms with Crippen molar-refractivity contribution in [3.05, 3.63) is 12.1 Å². The summed E-state index contributed by atoms with van der Waals surface area (Å²) in [7, 11) is 1.54. The fourth-order valence-electron chi connectivity index (χ4n) is 2.63. The summed E-state index contributed by atoms with van der Waals surface area (Å²) in [6, 6.07) is 3.67. The van der Waals surface area contributed by atoms with Gasteiger partial charge in [0.05, 0.1) is 13.7 Å². The van der Waals surface area contributed by atoms with Gasteiger partial charge in [0.1, 0.15) is 6.10 Å². The fraction of sp³-hybridized carbons (Fsp3) is 0.688. The molecular weight excluding hydrogens is 296 g/mol. The highest BCUT2D eigenvalue weighted by molar-refractivity contribution is 5.74. The topological polar surface area (TPSA) is 76.6 Å². The normalized spacial score (nSPS) is 17.9. The number of hydrogen-bond acceptors (Lipinski definition) is 5. The third-order valence-corrected chi connectivity index (χ3v) is 4.09. The molecular formula is C16H26N4O3. The zero-order valence-corrected chi connectivity index (χ0v) is 14.1. The lowest BCUT2D eigenvalue weighted by molar-refractivity contribution is 0.0955. The molecule has 0 aliphatic carbocycles. The molecule has 1 saturated heterocycles. The van der Waals surface area contributed by atoms with E-state index >= 15 is 0 Å². The smallest absolute Gasteiger partial charge is 0.317 e. The fourth-order valence-corrected chi connectivity index (χ4v) is 2.63. The van der Waals surface area contributed by atoms with Gasteiger partial charge in [-0.15, -0.1) is 10.2 Å². The first-order valence-corrected chi connectivity index (χ1v) is 8.26. The molecule has 0 radical (unpaired) electrons. The summed E-state index contributed by atoms with van der Waals surface area (Å²) in [5.74, 6) is 0.908. The zero-order chi connectivity index (χ0) is 16.7. The van der Waals surface area contributed by atoms with Crippen LogP contribution in [0.25, 0.3) is 0 Å². The number of piperidine rings is 1. The minimum Gasteiger partial charge on any atom is -0.480 e. The van der Waals surface area contributed by atoms with Gasteiger partial charge in [0, 0.05) is 24.7 Å². The SMILES string of the molecule is CCC(CC)NC(=O)N1CCCC(Oc2ccc(OC)nn2)C1. The lowest BCUT2D eigenvalue weighted by Gasteiger charge is -2.33. The monoisotopic (exact) mass is 322 g/mol. The number of nitrogens with one attached hydrogen (secondary N) is 1. The number of carbonyl (C=O) groups excluding carboxylic acids is 1. The van der Waals surface area contributed by atoms with Crippen LogP contribution in [0.15, 0.2) is 12.1 Å². The maximum atomic E-state index is 12.3. The van der Waals surface area contributed by atoms with Crippen LogP contribution >= 0.6 is 0 Å². The summed E-state index contributed by atoms with van der Waals surface area (Å²) in [6.07, 6.45) is 3.65. The first-order valence-electron chi connectivity index (χ1n) is 8.26. The van der Waals surface area contributed by atoms with Crippen LogP contribution in [0, 0.1) is 0 Å². The molecule has 0 spiro atoms. The number of methoxy groups -OCH3 is 1. The Kier molecular flexibility index (Phi) is 6.43. The van der Waals surface area contributed by atoms with Gasteiger partial charge in [0.25, 0.3) is 0 Å². The van der Waals surface area contributed by atoms with Crippen LogP contribution in [-0.2, 0) is 0 Å². The summed E-state index contributed by atoms with van der Waals surface area (Å²) < 4.78 is 10.8. The summed E-state index contributed by atoms with van der Waals surface area (Å²) in [5, 5.41) is 10.9. The summed E-state index contributed by atoms with van der Waals surface area (Å²) in [5.41, 5.74) is 0. The molecule has 7 nitrogen and oxygen atoms in total. The van der Waals surface area contributed by atoms with Crippen LogP contribution < -0.4 is 14.8 Å². The molecule has 1 atom stereocenters. The van der Waals surface area contributed by atoms with Crippen LogP contribution in [0.2, 0.25) is 0 Å². The van der Waals surface area contributed by atoms with Crippen molar-refractivity contribution in [2.75, 3.05) is 20.2 Å². The maximum absolute atomic E-state index is 12.3. The van der Waals surface area contributed by atoms with E-state index in [1.165, 1.54) is 0 Å². The Hall–Kier alpha value is -2.05. The maximum Gasteiger partial charge on any atom is 0.317 e. The largest absolute Gasteiger partial charge is 0.480 e. The number of carbonyl (C=O) groups is 1. The number of amides is 2. The highest BCUT2D eigenvalue weighted by atomic mass is 16.5. The van der Waals surface area contributed by atoms with Gasteiger partial charge >= 0.3 is 6.03 Å². The Morgan fingerprint density at radius 1 is 1.35 bits per heavy atom. The van der Waals surface area contributed by atoms with Crippen molar-refractivity contribution in [2.24, 2.45) is 0 Å². The third kappa shape index (κ3) is 4.97. The molecule has 0 aromatic carbocycles. The van der Waals surface area contributed by atoms with Crippen molar-refractivity contribution in [1.82, 2.24) is 20.4 Å². The van der Waals surface area contributed by atoms with Crippen LogP contribution in [0.1, 0.15) is 39.5 Å². The van der Waals surface area contributed by atoms with Gasteiger partial charge in [-0.25, -0.2) is 4.79 Å². The predicted octanol–water partition coefficient (Wildman–Crippen LogP) is 2.23. The van der Waals surface area contributed by atoms with Gasteiger partial charge in [-0.2, -0.15) is 0 Å². The van der Waals surface area contributed by atoms with Crippen LogP contribution in [0.4, 0.5) is 4.79 Å². The van der Waals surface area contributed by atoms with E-state index in [2.05, 4.69) is 29.4 Å². The molecule has 2 amide bonds. The first-order chi connectivity index (χ1) is 11.2. The van der Waals surface area contributed by atoms with E-state index in [0.717, 1.165) is 32.2 Å². The minimum atomic E-state index is -0.0566. The number of likely N-dealkylation sites (tertiary alicyclic amines) is 1. The van der Waals surface area contributed by atoms with E-state index in [1.807, 2.05) is 4.90 Å². The van der Waals surface area contributed by atoms with Crippen molar-refractivity contribution in [2.45, 2.75) is 51.7 Å². The average molecular weight is 322 g/mol. The Labute approximate surface area is 137 Å². The Balaban J connectivity index is 1.88.